The van der Waals surface area contributed by atoms with Crippen molar-refractivity contribution in [2.24, 2.45) is 5.73 Å². The van der Waals surface area contributed by atoms with E-state index in [0.29, 0.717) is 42.4 Å². The highest BCUT2D eigenvalue weighted by Crippen LogP contribution is 2.38. The van der Waals surface area contributed by atoms with E-state index in [1.807, 2.05) is 0 Å². The number of amides is 2. The molecule has 15 heteroatoms. The summed E-state index contributed by atoms with van der Waals surface area (Å²) >= 11 is 0.848. The summed E-state index contributed by atoms with van der Waals surface area (Å²) in [5, 5.41) is 2.43. The molecule has 11 nitrogen and oxygen atoms in total. The SMILES string of the molecule is CCC(N)=O.O=C1SC[C@@H](C(F)F)N1c1cn2c(n1)-c1ccc(NCCS(=O)(=O)O)cc1OCC2. The monoisotopic (exact) mass is 533 g/mol. The van der Waals surface area contributed by atoms with Gasteiger partial charge in [-0.05, 0) is 12.1 Å². The first-order valence-corrected chi connectivity index (χ1v) is 13.2. The predicted octanol–water partition coefficient (Wildman–Crippen LogP) is 2.43. The second kappa shape index (κ2) is 11.2. The third kappa shape index (κ3) is 6.82. The van der Waals surface area contributed by atoms with Crippen molar-refractivity contribution in [3.8, 4) is 17.1 Å². The minimum absolute atomic E-state index is 0.0109. The zero-order chi connectivity index (χ0) is 25.8. The maximum atomic E-state index is 13.3. The number of benzene rings is 1. The molecule has 4 rings (SSSR count). The van der Waals surface area contributed by atoms with Gasteiger partial charge in [-0.2, -0.15) is 8.42 Å². The topological polar surface area (TPSA) is 157 Å². The highest BCUT2D eigenvalue weighted by molar-refractivity contribution is 8.14. The smallest absolute Gasteiger partial charge is 0.287 e. The van der Waals surface area contributed by atoms with Gasteiger partial charge in [0.25, 0.3) is 21.8 Å². The number of alkyl halides is 2. The Balaban J connectivity index is 0.000000623. The molecule has 1 aromatic carbocycles. The number of aromatic nitrogens is 2. The maximum Gasteiger partial charge on any atom is 0.287 e. The lowest BCUT2D eigenvalue weighted by molar-refractivity contribution is -0.117. The van der Waals surface area contributed by atoms with Crippen LogP contribution in [0, 0.1) is 0 Å². The molecule has 1 fully saturated rings. The van der Waals surface area contributed by atoms with Gasteiger partial charge in [0.05, 0.1) is 17.9 Å². The third-order valence-electron chi connectivity index (χ3n) is 5.06. The number of hydrogen-bond donors (Lipinski definition) is 3. The maximum absolute atomic E-state index is 13.3. The molecule has 4 N–H and O–H groups in total. The number of halogens is 2. The molecule has 1 aromatic heterocycles. The van der Waals surface area contributed by atoms with E-state index in [9.17, 15) is 26.8 Å². The number of nitrogens with zero attached hydrogens (tertiary/aromatic N) is 3. The third-order valence-corrected chi connectivity index (χ3v) is 6.73. The fourth-order valence-corrected chi connectivity index (χ4v) is 4.64. The van der Waals surface area contributed by atoms with Crippen LogP contribution in [-0.2, 0) is 21.5 Å². The number of imidazole rings is 1. The van der Waals surface area contributed by atoms with E-state index in [1.54, 1.807) is 35.9 Å². The van der Waals surface area contributed by atoms with Gasteiger partial charge in [-0.15, -0.1) is 0 Å². The average molecular weight is 534 g/mol. The van der Waals surface area contributed by atoms with Crippen molar-refractivity contribution in [3.05, 3.63) is 24.4 Å². The zero-order valence-electron chi connectivity index (χ0n) is 18.7. The summed E-state index contributed by atoms with van der Waals surface area (Å²) in [6.45, 7) is 2.45. The normalized spacial score (nSPS) is 17.1. The highest BCUT2D eigenvalue weighted by atomic mass is 32.2. The molecule has 2 aromatic rings. The molecule has 2 aliphatic heterocycles. The van der Waals surface area contributed by atoms with Crippen LogP contribution in [0.4, 0.5) is 25.1 Å². The number of carbonyl (C=O) groups is 2. The molecule has 1 atom stereocenters. The largest absolute Gasteiger partial charge is 0.491 e. The summed E-state index contributed by atoms with van der Waals surface area (Å²) in [7, 11) is -4.07. The Labute approximate surface area is 204 Å². The van der Waals surface area contributed by atoms with E-state index in [2.05, 4.69) is 16.0 Å². The van der Waals surface area contributed by atoms with Gasteiger partial charge in [0.15, 0.2) is 5.82 Å². The van der Waals surface area contributed by atoms with Gasteiger partial charge in [0.2, 0.25) is 5.91 Å². The lowest BCUT2D eigenvalue weighted by Crippen LogP contribution is -2.38. The summed E-state index contributed by atoms with van der Waals surface area (Å²) < 4.78 is 64.7. The Kier molecular flexibility index (Phi) is 8.56. The molecule has 2 aliphatic rings. The van der Waals surface area contributed by atoms with Gasteiger partial charge in [-0.1, -0.05) is 18.7 Å². The molecule has 1 saturated heterocycles. The Hall–Kier alpha value is -2.91. The van der Waals surface area contributed by atoms with Crippen LogP contribution in [0.1, 0.15) is 13.3 Å². The van der Waals surface area contributed by atoms with E-state index in [-0.39, 0.29) is 24.0 Å². The number of thioether (sulfide) groups is 1. The lowest BCUT2D eigenvalue weighted by Gasteiger charge is -2.20. The number of carbonyl (C=O) groups excluding carboxylic acids is 2. The Morgan fingerprint density at radius 2 is 2.14 bits per heavy atom. The van der Waals surface area contributed by atoms with Crippen LogP contribution in [0.15, 0.2) is 24.4 Å². The number of nitrogens with one attached hydrogen (secondary N) is 1. The average Bonchev–Trinajstić information content (AvgIpc) is 3.32. The number of nitrogens with two attached hydrogens (primary N) is 1. The van der Waals surface area contributed by atoms with Crippen molar-refractivity contribution in [1.82, 2.24) is 9.55 Å². The van der Waals surface area contributed by atoms with Crippen LogP contribution < -0.4 is 20.7 Å². The molecule has 192 valence electrons. The number of ether oxygens (including phenoxy) is 1. The van der Waals surface area contributed by atoms with Gasteiger partial charge in [-0.25, -0.2) is 13.8 Å². The zero-order valence-corrected chi connectivity index (χ0v) is 20.3. The van der Waals surface area contributed by atoms with E-state index in [4.69, 9.17) is 9.29 Å². The molecule has 0 aliphatic carbocycles. The van der Waals surface area contributed by atoms with Crippen LogP contribution >= 0.6 is 11.8 Å². The second-order valence-electron chi connectivity index (χ2n) is 7.56. The standard InChI is InChI=1S/C17H18F2N4O5S2.C3H7NO/c18-15(19)12-9-29-17(24)23(12)14-8-22-4-5-28-13-7-10(20-3-6-30(25,26)27)1-2-11(13)16(22)21-14;1-2-3(4)5/h1-2,7-8,12,15,20H,3-6,9H2,(H,25,26,27);2H2,1H3,(H2,4,5)/t12-;/m0./s1. The summed E-state index contributed by atoms with van der Waals surface area (Å²) in [5.41, 5.74) is 5.86. The Morgan fingerprint density at radius 1 is 1.43 bits per heavy atom. The number of rotatable bonds is 7. The number of anilines is 2. The van der Waals surface area contributed by atoms with E-state index < -0.39 is 33.6 Å². The van der Waals surface area contributed by atoms with Crippen molar-refractivity contribution in [1.29, 1.82) is 0 Å². The van der Waals surface area contributed by atoms with Crippen molar-refractivity contribution in [3.63, 3.8) is 0 Å². The van der Waals surface area contributed by atoms with Crippen LogP contribution in [0.2, 0.25) is 0 Å². The fourth-order valence-electron chi connectivity index (χ4n) is 3.30. The Bertz CT molecular complexity index is 1190. The first-order chi connectivity index (χ1) is 16.5. The van der Waals surface area contributed by atoms with Crippen molar-refractivity contribution >= 4 is 44.5 Å². The first-order valence-electron chi connectivity index (χ1n) is 10.6. The molecule has 2 amide bonds. The van der Waals surface area contributed by atoms with E-state index in [1.165, 1.54) is 0 Å². The number of hydrogen-bond acceptors (Lipinski definition) is 8. The molecule has 35 heavy (non-hydrogen) atoms. The molecular weight excluding hydrogens is 508 g/mol. The first kappa shape index (κ1) is 26.7. The van der Waals surface area contributed by atoms with E-state index >= 15 is 0 Å². The summed E-state index contributed by atoms with van der Waals surface area (Å²) in [6.07, 6.45) is -0.650. The van der Waals surface area contributed by atoms with Crippen LogP contribution in [-0.4, -0.2) is 70.8 Å². The van der Waals surface area contributed by atoms with Gasteiger partial charge in [0.1, 0.15) is 24.2 Å². The van der Waals surface area contributed by atoms with Gasteiger partial charge in [0, 0.05) is 36.7 Å². The molecule has 0 unspecified atom stereocenters. The minimum Gasteiger partial charge on any atom is -0.491 e. The number of fused-ring (bicyclic) bond motifs is 3. The van der Waals surface area contributed by atoms with Gasteiger partial charge in [-0.3, -0.25) is 19.0 Å². The summed E-state index contributed by atoms with van der Waals surface area (Å²) in [6, 6.07) is 3.85. The van der Waals surface area contributed by atoms with E-state index in [0.717, 1.165) is 16.7 Å². The molecule has 0 spiro atoms. The molecular formula is C20H25F2N5O6S2. The van der Waals surface area contributed by atoms with Crippen LogP contribution in [0.5, 0.6) is 5.75 Å². The van der Waals surface area contributed by atoms with Gasteiger partial charge >= 0.3 is 0 Å². The van der Waals surface area contributed by atoms with Gasteiger partial charge < -0.3 is 20.4 Å². The molecule has 0 saturated carbocycles. The quantitative estimate of drug-likeness (QED) is 0.455. The van der Waals surface area contributed by atoms with Crippen LogP contribution in [0.3, 0.4) is 0 Å². The number of primary amides is 1. The lowest BCUT2D eigenvalue weighted by atomic mass is 10.1. The molecule has 3 heterocycles. The second-order valence-corrected chi connectivity index (χ2v) is 10.1. The highest BCUT2D eigenvalue weighted by Gasteiger charge is 2.40. The predicted molar refractivity (Wildman–Crippen MR) is 128 cm³/mol. The summed E-state index contributed by atoms with van der Waals surface area (Å²) in [5.74, 6) is 0.469. The Morgan fingerprint density at radius 3 is 2.77 bits per heavy atom. The molecule has 0 bridgehead atoms. The van der Waals surface area contributed by atoms with Crippen molar-refractivity contribution in [2.75, 3.05) is 34.9 Å². The fraction of sp³-hybridized carbons (Fsp3) is 0.450. The van der Waals surface area contributed by atoms with Crippen molar-refractivity contribution < 1.29 is 36.1 Å². The minimum atomic E-state index is -4.07. The molecule has 0 radical (unpaired) electrons. The summed E-state index contributed by atoms with van der Waals surface area (Å²) in [4.78, 5) is 27.2. The van der Waals surface area contributed by atoms with Crippen molar-refractivity contribution in [2.45, 2.75) is 32.4 Å². The van der Waals surface area contributed by atoms with Crippen LogP contribution in [0.25, 0.3) is 11.4 Å².